The maximum atomic E-state index is 11.4. The van der Waals surface area contributed by atoms with Gasteiger partial charge in [0.05, 0.1) is 0 Å². The maximum Gasteiger partial charge on any atom is 0.241 e. The Kier molecular flexibility index (Phi) is 3.32. The van der Waals surface area contributed by atoms with Crippen molar-refractivity contribution in [3.63, 3.8) is 0 Å². The summed E-state index contributed by atoms with van der Waals surface area (Å²) in [7, 11) is 0. The lowest BCUT2D eigenvalue weighted by Gasteiger charge is -2.03. The van der Waals surface area contributed by atoms with Gasteiger partial charge in [0.25, 0.3) is 0 Å². The van der Waals surface area contributed by atoms with Crippen LogP contribution in [0.5, 0.6) is 0 Å². The summed E-state index contributed by atoms with van der Waals surface area (Å²) < 4.78 is 1.59. The zero-order chi connectivity index (χ0) is 11.2. The van der Waals surface area contributed by atoms with Gasteiger partial charge in [-0.15, -0.1) is 0 Å². The maximum absolute atomic E-state index is 11.4. The second-order valence-corrected chi connectivity index (χ2v) is 3.34. The van der Waals surface area contributed by atoms with E-state index in [1.165, 1.54) is 0 Å². The first-order valence-electron chi connectivity index (χ1n) is 5.07. The molecule has 2 N–H and O–H groups in total. The smallest absolute Gasteiger partial charge is 0.241 e. The van der Waals surface area contributed by atoms with Crippen LogP contribution in [0.1, 0.15) is 5.82 Å². The number of aromatic nitrogens is 4. The number of carbonyl (C=O) groups is 1. The van der Waals surface area contributed by atoms with Gasteiger partial charge in [0.1, 0.15) is 12.4 Å². The summed E-state index contributed by atoms with van der Waals surface area (Å²) >= 11 is 0. The van der Waals surface area contributed by atoms with Crippen LogP contribution in [0.3, 0.4) is 0 Å². The molecule has 2 aromatic heterocycles. The van der Waals surface area contributed by atoms with Crippen LogP contribution < -0.4 is 5.32 Å². The number of aromatic amines is 1. The highest BCUT2D eigenvalue weighted by Crippen LogP contribution is 1.89. The molecule has 6 heteroatoms. The van der Waals surface area contributed by atoms with Crippen LogP contribution >= 0.6 is 0 Å². The van der Waals surface area contributed by atoms with Crippen molar-refractivity contribution in [2.75, 3.05) is 6.54 Å². The number of carbonyl (C=O) groups excluding carboxylic acids is 1. The summed E-state index contributed by atoms with van der Waals surface area (Å²) in [5.41, 5.74) is 0. The quantitative estimate of drug-likeness (QED) is 0.741. The van der Waals surface area contributed by atoms with Crippen molar-refractivity contribution < 1.29 is 4.79 Å². The van der Waals surface area contributed by atoms with E-state index in [-0.39, 0.29) is 12.5 Å². The molecule has 0 fully saturated rings. The van der Waals surface area contributed by atoms with E-state index in [1.807, 2.05) is 0 Å². The van der Waals surface area contributed by atoms with Crippen LogP contribution in [-0.2, 0) is 17.8 Å². The summed E-state index contributed by atoms with van der Waals surface area (Å²) in [5, 5.41) is 6.75. The van der Waals surface area contributed by atoms with Gasteiger partial charge in [-0.3, -0.25) is 9.48 Å². The number of nitrogens with zero attached hydrogens (tertiary/aromatic N) is 3. The second kappa shape index (κ2) is 5.11. The molecule has 2 aromatic rings. The molecule has 0 aliphatic heterocycles. The Morgan fingerprint density at radius 1 is 1.50 bits per heavy atom. The second-order valence-electron chi connectivity index (χ2n) is 3.34. The number of hydrogen-bond acceptors (Lipinski definition) is 3. The summed E-state index contributed by atoms with van der Waals surface area (Å²) in [4.78, 5) is 18.5. The molecule has 2 heterocycles. The summed E-state index contributed by atoms with van der Waals surface area (Å²) in [5.74, 6) is 0.828. The molecule has 0 unspecified atom stereocenters. The van der Waals surface area contributed by atoms with Crippen LogP contribution in [0.2, 0.25) is 0 Å². The summed E-state index contributed by atoms with van der Waals surface area (Å²) in [6.45, 7) is 0.832. The van der Waals surface area contributed by atoms with E-state index in [1.54, 1.807) is 35.5 Å². The topological polar surface area (TPSA) is 75.6 Å². The van der Waals surface area contributed by atoms with Gasteiger partial charge < -0.3 is 10.3 Å². The van der Waals surface area contributed by atoms with E-state index in [4.69, 9.17) is 0 Å². The minimum absolute atomic E-state index is 0.0461. The van der Waals surface area contributed by atoms with Crippen molar-refractivity contribution in [2.24, 2.45) is 0 Å². The van der Waals surface area contributed by atoms with E-state index in [9.17, 15) is 4.79 Å². The largest absolute Gasteiger partial charge is 0.354 e. The van der Waals surface area contributed by atoms with Crippen LogP contribution in [0.4, 0.5) is 0 Å². The molecule has 0 aromatic carbocycles. The molecule has 16 heavy (non-hydrogen) atoms. The van der Waals surface area contributed by atoms with Crippen LogP contribution in [-0.4, -0.2) is 32.2 Å². The van der Waals surface area contributed by atoms with Crippen molar-refractivity contribution >= 4 is 5.91 Å². The number of imidazole rings is 1. The first kappa shape index (κ1) is 10.4. The Bertz CT molecular complexity index is 420. The third-order valence-electron chi connectivity index (χ3n) is 2.10. The zero-order valence-corrected chi connectivity index (χ0v) is 8.76. The molecule has 0 atom stereocenters. The van der Waals surface area contributed by atoms with Gasteiger partial charge in [-0.05, 0) is 6.07 Å². The van der Waals surface area contributed by atoms with Crippen LogP contribution in [0.15, 0.2) is 30.9 Å². The first-order valence-corrected chi connectivity index (χ1v) is 5.07. The van der Waals surface area contributed by atoms with Gasteiger partial charge in [0.15, 0.2) is 0 Å². The van der Waals surface area contributed by atoms with Gasteiger partial charge in [0, 0.05) is 37.8 Å². The zero-order valence-electron chi connectivity index (χ0n) is 8.76. The predicted molar refractivity (Wildman–Crippen MR) is 57.5 cm³/mol. The van der Waals surface area contributed by atoms with E-state index >= 15 is 0 Å². The molecular weight excluding hydrogens is 206 g/mol. The Morgan fingerprint density at radius 3 is 3.12 bits per heavy atom. The summed E-state index contributed by atoms with van der Waals surface area (Å²) in [6, 6.07) is 1.79. The predicted octanol–water partition coefficient (Wildman–Crippen LogP) is -0.0349. The average Bonchev–Trinajstić information content (AvgIpc) is 2.90. The fraction of sp³-hybridized carbons (Fsp3) is 0.300. The molecule has 84 valence electrons. The first-order chi connectivity index (χ1) is 7.84. The van der Waals surface area contributed by atoms with E-state index in [2.05, 4.69) is 20.4 Å². The number of hydrogen-bond donors (Lipinski definition) is 2. The normalized spacial score (nSPS) is 10.2. The number of amides is 1. The lowest BCUT2D eigenvalue weighted by molar-refractivity contribution is -0.121. The SMILES string of the molecule is O=C(Cn1cccn1)NCCc1ncc[nH]1. The van der Waals surface area contributed by atoms with E-state index in [0.717, 1.165) is 5.82 Å². The molecule has 0 aliphatic carbocycles. The van der Waals surface area contributed by atoms with Crippen LogP contribution in [0.25, 0.3) is 0 Å². The Balaban J connectivity index is 1.68. The van der Waals surface area contributed by atoms with Crippen molar-refractivity contribution in [1.82, 2.24) is 25.1 Å². The minimum Gasteiger partial charge on any atom is -0.354 e. The molecule has 0 radical (unpaired) electrons. The van der Waals surface area contributed by atoms with E-state index < -0.39 is 0 Å². The molecule has 0 aliphatic rings. The standard InChI is InChI=1S/C10H13N5O/c16-10(8-15-7-1-3-14-15)13-4-2-9-11-5-6-12-9/h1,3,5-7H,2,4,8H2,(H,11,12)(H,13,16). The van der Waals surface area contributed by atoms with Crippen LogP contribution in [0, 0.1) is 0 Å². The fourth-order valence-electron chi connectivity index (χ4n) is 1.35. The van der Waals surface area contributed by atoms with Crippen molar-refractivity contribution in [1.29, 1.82) is 0 Å². The van der Waals surface area contributed by atoms with Gasteiger partial charge >= 0.3 is 0 Å². The molecule has 0 saturated heterocycles. The lowest BCUT2D eigenvalue weighted by atomic mass is 10.4. The molecule has 2 rings (SSSR count). The number of nitrogens with one attached hydrogen (secondary N) is 2. The average molecular weight is 219 g/mol. The Hall–Kier alpha value is -2.11. The molecule has 0 bridgehead atoms. The third kappa shape index (κ3) is 2.94. The monoisotopic (exact) mass is 219 g/mol. The molecule has 0 spiro atoms. The number of H-pyrrole nitrogens is 1. The highest BCUT2D eigenvalue weighted by atomic mass is 16.2. The number of rotatable bonds is 5. The summed E-state index contributed by atoms with van der Waals surface area (Å²) in [6.07, 6.45) is 7.57. The minimum atomic E-state index is -0.0461. The molecule has 1 amide bonds. The Labute approximate surface area is 92.7 Å². The van der Waals surface area contributed by atoms with Crippen molar-refractivity contribution in [2.45, 2.75) is 13.0 Å². The van der Waals surface area contributed by atoms with Crippen molar-refractivity contribution in [3.8, 4) is 0 Å². The third-order valence-corrected chi connectivity index (χ3v) is 2.10. The lowest BCUT2D eigenvalue weighted by Crippen LogP contribution is -2.29. The molecule has 6 nitrogen and oxygen atoms in total. The van der Waals surface area contributed by atoms with Gasteiger partial charge in [-0.2, -0.15) is 5.10 Å². The van der Waals surface area contributed by atoms with Gasteiger partial charge in [0.2, 0.25) is 5.91 Å². The fourth-order valence-corrected chi connectivity index (χ4v) is 1.35. The van der Waals surface area contributed by atoms with Crippen molar-refractivity contribution in [3.05, 3.63) is 36.7 Å². The molecule has 0 saturated carbocycles. The highest BCUT2D eigenvalue weighted by Gasteiger charge is 2.02. The molecular formula is C10H13N5O. The van der Waals surface area contributed by atoms with E-state index in [0.29, 0.717) is 13.0 Å². The Morgan fingerprint density at radius 2 is 2.44 bits per heavy atom. The highest BCUT2D eigenvalue weighted by molar-refractivity contribution is 5.75. The van der Waals surface area contributed by atoms with Gasteiger partial charge in [-0.25, -0.2) is 4.98 Å². The van der Waals surface area contributed by atoms with Gasteiger partial charge in [-0.1, -0.05) is 0 Å².